The minimum Gasteiger partial charge on any atom is -0.497 e. The summed E-state index contributed by atoms with van der Waals surface area (Å²) in [6.45, 7) is 4.64. The molecule has 1 heterocycles. The Morgan fingerprint density at radius 2 is 2.00 bits per heavy atom. The van der Waals surface area contributed by atoms with Gasteiger partial charge in [0.1, 0.15) is 11.6 Å². The number of thioether (sulfide) groups is 1. The van der Waals surface area contributed by atoms with Crippen LogP contribution in [0.2, 0.25) is 5.02 Å². The first-order valence-electron chi connectivity index (χ1n) is 9.93. The Bertz CT molecular complexity index is 1040. The highest BCUT2D eigenvalue weighted by Crippen LogP contribution is 2.30. The van der Waals surface area contributed by atoms with Gasteiger partial charge in [0, 0.05) is 12.1 Å². The van der Waals surface area contributed by atoms with Crippen LogP contribution in [0.4, 0.5) is 10.1 Å². The number of carbonyl (C=O) groups excluding carboxylic acids is 1. The molecule has 164 valence electrons. The largest absolute Gasteiger partial charge is 0.497 e. The Morgan fingerprint density at radius 1 is 1.26 bits per heavy atom. The lowest BCUT2D eigenvalue weighted by molar-refractivity contribution is -0.115. The number of nitrogens with zero attached hydrogens (tertiary/aromatic N) is 3. The molecule has 0 saturated heterocycles. The van der Waals surface area contributed by atoms with Crippen molar-refractivity contribution in [3.05, 3.63) is 53.3 Å². The maximum absolute atomic E-state index is 13.2. The molecule has 0 aliphatic heterocycles. The van der Waals surface area contributed by atoms with Crippen LogP contribution < -0.4 is 10.1 Å². The van der Waals surface area contributed by atoms with E-state index in [0.717, 1.165) is 42.6 Å². The van der Waals surface area contributed by atoms with E-state index < -0.39 is 11.1 Å². The maximum atomic E-state index is 13.2. The first-order chi connectivity index (χ1) is 14.9. The van der Waals surface area contributed by atoms with E-state index in [1.54, 1.807) is 14.0 Å². The van der Waals surface area contributed by atoms with Crippen molar-refractivity contribution in [3.8, 4) is 17.1 Å². The van der Waals surface area contributed by atoms with Gasteiger partial charge in [-0.15, -0.1) is 10.2 Å². The molecule has 6 nitrogen and oxygen atoms in total. The average Bonchev–Trinajstić information content (AvgIpc) is 3.16. The molecule has 2 aromatic carbocycles. The molecule has 1 atom stereocenters. The third-order valence-electron chi connectivity index (χ3n) is 4.64. The summed E-state index contributed by atoms with van der Waals surface area (Å²) >= 11 is 7.33. The summed E-state index contributed by atoms with van der Waals surface area (Å²) in [4.78, 5) is 12.7. The first-order valence-corrected chi connectivity index (χ1v) is 11.2. The number of hydrogen-bond acceptors (Lipinski definition) is 5. The van der Waals surface area contributed by atoms with Crippen LogP contribution in [0.25, 0.3) is 11.4 Å². The van der Waals surface area contributed by atoms with Crippen molar-refractivity contribution in [1.29, 1.82) is 0 Å². The van der Waals surface area contributed by atoms with Crippen LogP contribution >= 0.6 is 23.4 Å². The zero-order chi connectivity index (χ0) is 22.4. The van der Waals surface area contributed by atoms with Crippen LogP contribution in [0.15, 0.2) is 47.6 Å². The minimum atomic E-state index is -0.464. The predicted molar refractivity (Wildman–Crippen MR) is 122 cm³/mol. The molecule has 0 aliphatic carbocycles. The number of aromatic nitrogens is 3. The van der Waals surface area contributed by atoms with Crippen LogP contribution in [0.1, 0.15) is 26.7 Å². The summed E-state index contributed by atoms with van der Waals surface area (Å²) in [5.41, 5.74) is 1.29. The van der Waals surface area contributed by atoms with E-state index >= 15 is 0 Å². The number of nitrogens with one attached hydrogen (secondary N) is 1. The van der Waals surface area contributed by atoms with E-state index in [4.69, 9.17) is 16.3 Å². The summed E-state index contributed by atoms with van der Waals surface area (Å²) in [6, 6.07) is 11.5. The average molecular weight is 463 g/mol. The van der Waals surface area contributed by atoms with Gasteiger partial charge in [0.05, 0.1) is 23.1 Å². The standard InChI is InChI=1S/C22H24ClFN4O2S/c1-4-5-12-28-20(15-6-9-17(30-3)10-7-15)26-27-22(28)31-14(2)21(29)25-19-11-8-16(24)13-18(19)23/h6-11,13-14H,4-5,12H2,1-3H3,(H,25,29)/t14-/m0/s1. The molecular weight excluding hydrogens is 439 g/mol. The van der Waals surface area contributed by atoms with Crippen LogP contribution in [-0.2, 0) is 11.3 Å². The van der Waals surface area contributed by atoms with Gasteiger partial charge in [-0.3, -0.25) is 4.79 Å². The summed E-state index contributed by atoms with van der Waals surface area (Å²) in [7, 11) is 1.62. The normalized spacial score (nSPS) is 11.9. The van der Waals surface area contributed by atoms with Crippen molar-refractivity contribution >= 4 is 35.0 Å². The van der Waals surface area contributed by atoms with Gasteiger partial charge in [-0.2, -0.15) is 0 Å². The number of hydrogen-bond donors (Lipinski definition) is 1. The fourth-order valence-corrected chi connectivity index (χ4v) is 3.97. The minimum absolute atomic E-state index is 0.151. The van der Waals surface area contributed by atoms with Gasteiger partial charge < -0.3 is 14.6 Å². The molecule has 1 N–H and O–H groups in total. The number of rotatable bonds is 9. The summed E-state index contributed by atoms with van der Waals surface area (Å²) < 4.78 is 20.5. The molecule has 9 heteroatoms. The van der Waals surface area contributed by atoms with Crippen LogP contribution in [0.5, 0.6) is 5.75 Å². The lowest BCUT2D eigenvalue weighted by Crippen LogP contribution is -2.23. The molecule has 0 radical (unpaired) electrons. The number of amides is 1. The lowest BCUT2D eigenvalue weighted by Gasteiger charge is -2.14. The number of halogens is 2. The molecule has 3 aromatic rings. The number of anilines is 1. The van der Waals surface area contributed by atoms with Crippen molar-refractivity contribution in [3.63, 3.8) is 0 Å². The highest BCUT2D eigenvalue weighted by molar-refractivity contribution is 8.00. The molecule has 1 amide bonds. The first kappa shape index (κ1) is 23.1. The quantitative estimate of drug-likeness (QED) is 0.415. The molecule has 0 fully saturated rings. The van der Waals surface area contributed by atoms with Crippen LogP contribution in [0.3, 0.4) is 0 Å². The Balaban J connectivity index is 1.79. The van der Waals surface area contributed by atoms with Gasteiger partial charge in [-0.1, -0.05) is 36.7 Å². The topological polar surface area (TPSA) is 69.0 Å². The van der Waals surface area contributed by atoms with E-state index in [1.165, 1.54) is 23.9 Å². The molecule has 3 rings (SSSR count). The van der Waals surface area contributed by atoms with Crippen molar-refractivity contribution in [2.75, 3.05) is 12.4 Å². The number of methoxy groups -OCH3 is 1. The van der Waals surface area contributed by atoms with Crippen molar-refractivity contribution < 1.29 is 13.9 Å². The Hall–Kier alpha value is -2.58. The van der Waals surface area contributed by atoms with Crippen molar-refractivity contribution in [1.82, 2.24) is 14.8 Å². The van der Waals surface area contributed by atoms with Crippen LogP contribution in [0, 0.1) is 5.82 Å². The molecule has 0 saturated carbocycles. The van der Waals surface area contributed by atoms with Gasteiger partial charge in [0.2, 0.25) is 5.91 Å². The molecule has 31 heavy (non-hydrogen) atoms. The summed E-state index contributed by atoms with van der Waals surface area (Å²) in [5, 5.41) is 11.8. The third-order valence-corrected chi connectivity index (χ3v) is 6.03. The zero-order valence-corrected chi connectivity index (χ0v) is 19.1. The highest BCUT2D eigenvalue weighted by Gasteiger charge is 2.21. The highest BCUT2D eigenvalue weighted by atomic mass is 35.5. The fraction of sp³-hybridized carbons (Fsp3) is 0.318. The van der Waals surface area contributed by atoms with Gasteiger partial charge in [0.15, 0.2) is 11.0 Å². The summed E-state index contributed by atoms with van der Waals surface area (Å²) in [5.74, 6) is 0.797. The molecule has 0 spiro atoms. The van der Waals surface area contributed by atoms with E-state index in [1.807, 2.05) is 28.8 Å². The second-order valence-corrected chi connectivity index (χ2v) is 8.63. The van der Waals surface area contributed by atoms with Gasteiger partial charge in [-0.05, 0) is 55.8 Å². The second-order valence-electron chi connectivity index (χ2n) is 6.91. The number of carbonyl (C=O) groups is 1. The Kier molecular flexibility index (Phi) is 7.92. The summed E-state index contributed by atoms with van der Waals surface area (Å²) in [6.07, 6.45) is 1.98. The Morgan fingerprint density at radius 3 is 2.65 bits per heavy atom. The van der Waals surface area contributed by atoms with Gasteiger partial charge >= 0.3 is 0 Å². The number of ether oxygens (including phenoxy) is 1. The fourth-order valence-electron chi connectivity index (χ4n) is 2.88. The molecule has 0 unspecified atom stereocenters. The van der Waals surface area contributed by atoms with E-state index in [9.17, 15) is 9.18 Å². The molecule has 0 bridgehead atoms. The predicted octanol–water partition coefficient (Wildman–Crippen LogP) is 5.67. The smallest absolute Gasteiger partial charge is 0.237 e. The zero-order valence-electron chi connectivity index (χ0n) is 17.6. The van der Waals surface area contributed by atoms with Crippen molar-refractivity contribution in [2.45, 2.75) is 43.6 Å². The Labute approximate surface area is 190 Å². The van der Waals surface area contributed by atoms with E-state index in [2.05, 4.69) is 22.4 Å². The second kappa shape index (κ2) is 10.6. The van der Waals surface area contributed by atoms with Gasteiger partial charge in [0.25, 0.3) is 0 Å². The molecule has 1 aromatic heterocycles. The lowest BCUT2D eigenvalue weighted by atomic mass is 10.2. The monoisotopic (exact) mass is 462 g/mol. The van der Waals surface area contributed by atoms with Gasteiger partial charge in [-0.25, -0.2) is 4.39 Å². The maximum Gasteiger partial charge on any atom is 0.237 e. The van der Waals surface area contributed by atoms with E-state index in [-0.39, 0.29) is 10.9 Å². The number of unbranched alkanes of at least 4 members (excludes halogenated alkanes) is 1. The molecular formula is C22H24ClFN4O2S. The third kappa shape index (κ3) is 5.77. The molecule has 0 aliphatic rings. The van der Waals surface area contributed by atoms with Crippen molar-refractivity contribution in [2.24, 2.45) is 0 Å². The van der Waals surface area contributed by atoms with E-state index in [0.29, 0.717) is 10.8 Å². The number of benzene rings is 2. The SMILES string of the molecule is CCCCn1c(S[C@@H](C)C(=O)Nc2ccc(F)cc2Cl)nnc1-c1ccc(OC)cc1. The van der Waals surface area contributed by atoms with Crippen LogP contribution in [-0.4, -0.2) is 33.0 Å².